The summed E-state index contributed by atoms with van der Waals surface area (Å²) in [6, 6.07) is 9.52. The number of phenols is 2. The molecule has 5 nitrogen and oxygen atoms in total. The van der Waals surface area contributed by atoms with E-state index in [-0.39, 0.29) is 17.4 Å². The third kappa shape index (κ3) is 9.60. The molecule has 37 heavy (non-hydrogen) atoms. The van der Waals surface area contributed by atoms with E-state index < -0.39 is 0 Å². The fourth-order valence-corrected chi connectivity index (χ4v) is 5.17. The van der Waals surface area contributed by atoms with E-state index in [1.165, 1.54) is 108 Å². The van der Waals surface area contributed by atoms with Crippen molar-refractivity contribution in [3.63, 3.8) is 0 Å². The zero-order valence-electron chi connectivity index (χ0n) is 22.9. The van der Waals surface area contributed by atoms with Gasteiger partial charge >= 0.3 is 0 Å². The number of fused-ring (bicyclic) bond motifs is 2. The number of anilines is 2. The summed E-state index contributed by atoms with van der Waals surface area (Å²) < 4.78 is 5.84. The Kier molecular flexibility index (Phi) is 12.7. The van der Waals surface area contributed by atoms with Crippen molar-refractivity contribution in [3.05, 3.63) is 36.4 Å². The van der Waals surface area contributed by atoms with Crippen LogP contribution in [0.5, 0.6) is 23.0 Å². The van der Waals surface area contributed by atoms with E-state index in [4.69, 9.17) is 4.74 Å². The van der Waals surface area contributed by atoms with Gasteiger partial charge in [-0.05, 0) is 30.7 Å². The second kappa shape index (κ2) is 16.2. The monoisotopic (exact) mass is 509 g/mol. The molecule has 0 radical (unpaired) electrons. The van der Waals surface area contributed by atoms with Gasteiger partial charge in [0.05, 0.1) is 11.4 Å². The molecule has 0 bridgehead atoms. The van der Waals surface area contributed by atoms with Crippen LogP contribution in [-0.2, 0) is 4.79 Å². The summed E-state index contributed by atoms with van der Waals surface area (Å²) in [6.07, 6.45) is 22.8. The maximum Gasteiger partial charge on any atom is 0.231 e. The molecule has 1 aliphatic rings. The highest BCUT2D eigenvalue weighted by molar-refractivity contribution is 6.04. The highest BCUT2D eigenvalue weighted by Crippen LogP contribution is 2.49. The normalized spacial score (nSPS) is 12.2. The molecule has 0 aliphatic carbocycles. The van der Waals surface area contributed by atoms with Crippen LogP contribution in [0, 0.1) is 0 Å². The van der Waals surface area contributed by atoms with Crippen LogP contribution in [0.1, 0.15) is 122 Å². The first kappa shape index (κ1) is 28.9. The van der Waals surface area contributed by atoms with Gasteiger partial charge in [-0.1, -0.05) is 110 Å². The van der Waals surface area contributed by atoms with Gasteiger partial charge in [0.2, 0.25) is 5.91 Å². The molecule has 3 rings (SSSR count). The Morgan fingerprint density at radius 3 is 1.41 bits per heavy atom. The Morgan fingerprint density at radius 1 is 0.622 bits per heavy atom. The summed E-state index contributed by atoms with van der Waals surface area (Å²) in [6.45, 7) is 2.28. The number of nitrogens with zero attached hydrogens (tertiary/aromatic N) is 1. The summed E-state index contributed by atoms with van der Waals surface area (Å²) >= 11 is 0. The van der Waals surface area contributed by atoms with Crippen LogP contribution >= 0.6 is 0 Å². The van der Waals surface area contributed by atoms with Crippen LogP contribution in [0.2, 0.25) is 0 Å². The van der Waals surface area contributed by atoms with Crippen LogP contribution in [-0.4, -0.2) is 16.1 Å². The summed E-state index contributed by atoms with van der Waals surface area (Å²) in [5.74, 6) is 0.969. The quantitative estimate of drug-likeness (QED) is 0.196. The molecule has 0 spiro atoms. The van der Waals surface area contributed by atoms with Crippen molar-refractivity contribution in [2.24, 2.45) is 0 Å². The predicted molar refractivity (Wildman–Crippen MR) is 152 cm³/mol. The fourth-order valence-electron chi connectivity index (χ4n) is 5.17. The summed E-state index contributed by atoms with van der Waals surface area (Å²) in [4.78, 5) is 14.9. The molecular formula is C32H47NO4. The highest BCUT2D eigenvalue weighted by Gasteiger charge is 2.29. The van der Waals surface area contributed by atoms with Gasteiger partial charge in [0.15, 0.2) is 11.5 Å². The van der Waals surface area contributed by atoms with Crippen molar-refractivity contribution < 1.29 is 19.7 Å². The number of hydrogen-bond acceptors (Lipinski definition) is 4. The molecule has 0 saturated heterocycles. The summed E-state index contributed by atoms with van der Waals surface area (Å²) in [5, 5.41) is 19.7. The number of hydrogen-bond donors (Lipinski definition) is 2. The average molecular weight is 510 g/mol. The number of aromatic hydroxyl groups is 2. The van der Waals surface area contributed by atoms with E-state index in [0.29, 0.717) is 29.3 Å². The Labute approximate surface area is 223 Å². The lowest BCUT2D eigenvalue weighted by atomic mass is 10.0. The van der Waals surface area contributed by atoms with E-state index >= 15 is 0 Å². The number of phenolic OH excluding ortho intramolecular Hbond substituents is 2. The molecule has 0 unspecified atom stereocenters. The summed E-state index contributed by atoms with van der Waals surface area (Å²) in [7, 11) is 0. The molecule has 0 aromatic heterocycles. The Morgan fingerprint density at radius 2 is 1.00 bits per heavy atom. The van der Waals surface area contributed by atoms with Crippen LogP contribution in [0.15, 0.2) is 36.4 Å². The van der Waals surface area contributed by atoms with Gasteiger partial charge in [0.1, 0.15) is 11.5 Å². The summed E-state index contributed by atoms with van der Waals surface area (Å²) in [5.41, 5.74) is 1.24. The molecule has 1 heterocycles. The first-order valence-electron chi connectivity index (χ1n) is 14.8. The van der Waals surface area contributed by atoms with Gasteiger partial charge in [-0.3, -0.25) is 9.69 Å². The Balaban J connectivity index is 1.26. The third-order valence-corrected chi connectivity index (χ3v) is 7.33. The molecule has 0 fully saturated rings. The molecule has 1 amide bonds. The molecule has 5 heteroatoms. The minimum absolute atomic E-state index is 0.00291. The molecule has 2 N–H and O–H groups in total. The van der Waals surface area contributed by atoms with Gasteiger partial charge in [-0.25, -0.2) is 0 Å². The number of rotatable bonds is 18. The lowest BCUT2D eigenvalue weighted by Crippen LogP contribution is -2.28. The molecule has 0 atom stereocenters. The Hall–Kier alpha value is -2.69. The molecule has 0 saturated carbocycles. The maximum absolute atomic E-state index is 13.2. The standard InChI is InChI=1S/C32H47NO4/c1-2-3-4-5-6-7-8-9-10-11-12-13-14-15-16-17-18-19-32(36)33-28-22-20-26(34)24-30(28)37-31-25-27(35)21-23-29(31)33/h20-25,34-35H,2-19H2,1H3. The van der Waals surface area contributed by atoms with Crippen molar-refractivity contribution in [1.82, 2.24) is 0 Å². The first-order valence-corrected chi connectivity index (χ1v) is 14.8. The third-order valence-electron chi connectivity index (χ3n) is 7.33. The second-order valence-corrected chi connectivity index (χ2v) is 10.5. The SMILES string of the molecule is CCCCCCCCCCCCCCCCCCCC(=O)N1c2ccc(O)cc2Oc2cc(O)ccc21. The number of carbonyl (C=O) groups is 1. The van der Waals surface area contributed by atoms with Gasteiger partial charge in [-0.15, -0.1) is 0 Å². The van der Waals surface area contributed by atoms with Gasteiger partial charge in [0, 0.05) is 18.6 Å². The highest BCUT2D eigenvalue weighted by atomic mass is 16.5. The minimum atomic E-state index is 0.00291. The largest absolute Gasteiger partial charge is 0.508 e. The molecular weight excluding hydrogens is 462 g/mol. The van der Waals surface area contributed by atoms with Crippen molar-refractivity contribution in [3.8, 4) is 23.0 Å². The number of amides is 1. The van der Waals surface area contributed by atoms with Crippen molar-refractivity contribution in [2.75, 3.05) is 4.90 Å². The topological polar surface area (TPSA) is 70.0 Å². The predicted octanol–water partition coefficient (Wildman–Crippen LogP) is 9.91. The van der Waals surface area contributed by atoms with Crippen LogP contribution < -0.4 is 9.64 Å². The molecule has 2 aromatic carbocycles. The minimum Gasteiger partial charge on any atom is -0.508 e. The average Bonchev–Trinajstić information content (AvgIpc) is 2.88. The van der Waals surface area contributed by atoms with Crippen LogP contribution in [0.3, 0.4) is 0 Å². The zero-order valence-corrected chi connectivity index (χ0v) is 22.9. The van der Waals surface area contributed by atoms with Crippen molar-refractivity contribution >= 4 is 17.3 Å². The molecule has 204 valence electrons. The lowest BCUT2D eigenvalue weighted by Gasteiger charge is -2.31. The fraction of sp³-hybridized carbons (Fsp3) is 0.594. The van der Waals surface area contributed by atoms with Gasteiger partial charge < -0.3 is 14.9 Å². The van der Waals surface area contributed by atoms with E-state index in [0.717, 1.165) is 12.8 Å². The van der Waals surface area contributed by atoms with Crippen LogP contribution in [0.4, 0.5) is 11.4 Å². The first-order chi connectivity index (χ1) is 18.1. The smallest absolute Gasteiger partial charge is 0.231 e. The van der Waals surface area contributed by atoms with E-state index in [1.54, 1.807) is 29.2 Å². The maximum atomic E-state index is 13.2. The second-order valence-electron chi connectivity index (χ2n) is 10.5. The van der Waals surface area contributed by atoms with E-state index in [9.17, 15) is 15.0 Å². The van der Waals surface area contributed by atoms with E-state index in [1.807, 2.05) is 0 Å². The van der Waals surface area contributed by atoms with E-state index in [2.05, 4.69) is 6.92 Å². The number of carbonyl (C=O) groups excluding carboxylic acids is 1. The molecule has 1 aliphatic heterocycles. The molecule has 2 aromatic rings. The lowest BCUT2D eigenvalue weighted by molar-refractivity contribution is -0.118. The number of ether oxygens (including phenoxy) is 1. The van der Waals surface area contributed by atoms with Crippen molar-refractivity contribution in [2.45, 2.75) is 122 Å². The number of benzene rings is 2. The Bertz CT molecular complexity index is 906. The van der Waals surface area contributed by atoms with Crippen molar-refractivity contribution in [1.29, 1.82) is 0 Å². The van der Waals surface area contributed by atoms with Gasteiger partial charge in [0.25, 0.3) is 0 Å². The van der Waals surface area contributed by atoms with Gasteiger partial charge in [-0.2, -0.15) is 0 Å². The van der Waals surface area contributed by atoms with Crippen LogP contribution in [0.25, 0.3) is 0 Å². The number of unbranched alkanes of at least 4 members (excludes halogenated alkanes) is 16. The zero-order chi connectivity index (χ0) is 26.3.